The highest BCUT2D eigenvalue weighted by Crippen LogP contribution is 2.61. The highest BCUT2D eigenvalue weighted by Gasteiger charge is 2.51. The van der Waals surface area contributed by atoms with Gasteiger partial charge >= 0.3 is 0 Å². The van der Waals surface area contributed by atoms with Crippen LogP contribution >= 0.6 is 0 Å². The van der Waals surface area contributed by atoms with Gasteiger partial charge in [0, 0.05) is 25.6 Å². The Morgan fingerprint density at radius 2 is 1.66 bits per heavy atom. The standard InChI is InChI=1S/C27H38N2O3/c1-18-4-3-5-24(19(18)2)32-17-26(31)29-8-6-23(7-9-29)28-25(30)16-27-13-20-10-21(14-27)12-22(11-20)15-27/h3-5,20-23H,6-17H2,1-2H3,(H,28,30). The lowest BCUT2D eigenvalue weighted by atomic mass is 9.49. The predicted octanol–water partition coefficient (Wildman–Crippen LogP) is 4.40. The van der Waals surface area contributed by atoms with Crippen LogP contribution < -0.4 is 10.1 Å². The van der Waals surface area contributed by atoms with E-state index in [1.165, 1.54) is 44.1 Å². The van der Waals surface area contributed by atoms with Gasteiger partial charge in [-0.1, -0.05) is 12.1 Å². The molecule has 5 aliphatic rings. The van der Waals surface area contributed by atoms with Gasteiger partial charge < -0.3 is 15.0 Å². The van der Waals surface area contributed by atoms with Crippen molar-refractivity contribution in [2.75, 3.05) is 19.7 Å². The van der Waals surface area contributed by atoms with Gasteiger partial charge in [0.15, 0.2) is 6.61 Å². The molecule has 5 fully saturated rings. The Balaban J connectivity index is 1.06. The molecule has 4 saturated carbocycles. The topological polar surface area (TPSA) is 58.6 Å². The van der Waals surface area contributed by atoms with Crippen molar-refractivity contribution in [3.63, 3.8) is 0 Å². The second-order valence-electron chi connectivity index (χ2n) is 11.3. The van der Waals surface area contributed by atoms with E-state index < -0.39 is 0 Å². The zero-order valence-corrected chi connectivity index (χ0v) is 19.7. The molecule has 1 aromatic carbocycles. The van der Waals surface area contributed by atoms with Crippen LogP contribution in [0.2, 0.25) is 0 Å². The molecular formula is C27H38N2O3. The fourth-order valence-corrected chi connectivity index (χ4v) is 7.51. The van der Waals surface area contributed by atoms with Gasteiger partial charge in [0.05, 0.1) is 0 Å². The van der Waals surface area contributed by atoms with Gasteiger partial charge in [-0.3, -0.25) is 9.59 Å². The molecule has 2 amide bonds. The number of likely N-dealkylation sites (tertiary alicyclic amines) is 1. The van der Waals surface area contributed by atoms with Gasteiger partial charge in [-0.05, 0) is 106 Å². The molecule has 0 radical (unpaired) electrons. The van der Waals surface area contributed by atoms with Crippen LogP contribution in [0.15, 0.2) is 18.2 Å². The first-order valence-electron chi connectivity index (χ1n) is 12.7. The summed E-state index contributed by atoms with van der Waals surface area (Å²) in [4.78, 5) is 27.4. The van der Waals surface area contributed by atoms with E-state index in [-0.39, 0.29) is 24.5 Å². The Kier molecular flexibility index (Phi) is 5.94. The maximum Gasteiger partial charge on any atom is 0.260 e. The van der Waals surface area contributed by atoms with Crippen LogP contribution in [-0.2, 0) is 9.59 Å². The van der Waals surface area contributed by atoms with Gasteiger partial charge in [-0.15, -0.1) is 0 Å². The number of nitrogens with zero attached hydrogens (tertiary/aromatic N) is 1. The summed E-state index contributed by atoms with van der Waals surface area (Å²) in [5.74, 6) is 3.71. The number of ether oxygens (including phenoxy) is 1. The van der Waals surface area contributed by atoms with E-state index in [9.17, 15) is 9.59 Å². The van der Waals surface area contributed by atoms with E-state index >= 15 is 0 Å². The molecule has 5 nitrogen and oxygen atoms in total. The Hall–Kier alpha value is -2.04. The number of hydrogen-bond acceptors (Lipinski definition) is 3. The highest BCUT2D eigenvalue weighted by molar-refractivity contribution is 5.78. The van der Waals surface area contributed by atoms with Crippen LogP contribution in [-0.4, -0.2) is 42.5 Å². The fourth-order valence-electron chi connectivity index (χ4n) is 7.51. The maximum atomic E-state index is 12.9. The molecule has 0 aromatic heterocycles. The summed E-state index contributed by atoms with van der Waals surface area (Å²) in [6.07, 6.45) is 10.5. The summed E-state index contributed by atoms with van der Waals surface area (Å²) in [5, 5.41) is 3.32. The lowest BCUT2D eigenvalue weighted by Crippen LogP contribution is -2.50. The van der Waals surface area contributed by atoms with E-state index in [2.05, 4.69) is 5.32 Å². The van der Waals surface area contributed by atoms with Crippen molar-refractivity contribution >= 4 is 11.8 Å². The van der Waals surface area contributed by atoms with Crippen molar-refractivity contribution in [2.45, 2.75) is 77.7 Å². The SMILES string of the molecule is Cc1cccc(OCC(=O)N2CCC(NC(=O)CC34CC5CC(CC(C5)C3)C4)CC2)c1C. The van der Waals surface area contributed by atoms with Crippen LogP contribution in [0.25, 0.3) is 0 Å². The summed E-state index contributed by atoms with van der Waals surface area (Å²) < 4.78 is 5.80. The molecule has 1 saturated heterocycles. The Morgan fingerprint density at radius 1 is 1.03 bits per heavy atom. The molecule has 0 spiro atoms. The first-order chi connectivity index (χ1) is 15.4. The van der Waals surface area contributed by atoms with Crippen molar-refractivity contribution in [3.05, 3.63) is 29.3 Å². The van der Waals surface area contributed by atoms with Crippen LogP contribution in [0.1, 0.15) is 68.9 Å². The third-order valence-electron chi connectivity index (χ3n) is 8.82. The third kappa shape index (κ3) is 4.53. The quantitative estimate of drug-likeness (QED) is 0.716. The van der Waals surface area contributed by atoms with Crippen molar-refractivity contribution in [3.8, 4) is 5.75 Å². The summed E-state index contributed by atoms with van der Waals surface area (Å²) in [7, 11) is 0. The number of benzene rings is 1. The third-order valence-corrected chi connectivity index (χ3v) is 8.82. The highest BCUT2D eigenvalue weighted by atomic mass is 16.5. The second kappa shape index (κ2) is 8.72. The number of piperidine rings is 1. The number of carbonyl (C=O) groups is 2. The molecule has 174 valence electrons. The molecule has 1 heterocycles. The van der Waals surface area contributed by atoms with Gasteiger partial charge in [0.1, 0.15) is 5.75 Å². The lowest BCUT2D eigenvalue weighted by Gasteiger charge is -2.56. The van der Waals surface area contributed by atoms with Crippen LogP contribution in [0.4, 0.5) is 0 Å². The molecule has 6 rings (SSSR count). The molecule has 0 unspecified atom stereocenters. The van der Waals surface area contributed by atoms with Gasteiger partial charge in [0.2, 0.25) is 5.91 Å². The minimum absolute atomic E-state index is 0.0317. The molecule has 5 heteroatoms. The van der Waals surface area contributed by atoms with Crippen molar-refractivity contribution in [2.24, 2.45) is 23.2 Å². The van der Waals surface area contributed by atoms with Crippen molar-refractivity contribution < 1.29 is 14.3 Å². The Bertz CT molecular complexity index is 836. The molecule has 4 aliphatic carbocycles. The molecule has 1 aliphatic heterocycles. The largest absolute Gasteiger partial charge is 0.483 e. The number of nitrogens with one attached hydrogen (secondary N) is 1. The number of carbonyl (C=O) groups excluding carboxylic acids is 2. The molecule has 4 bridgehead atoms. The predicted molar refractivity (Wildman–Crippen MR) is 124 cm³/mol. The van der Waals surface area contributed by atoms with E-state index in [0.29, 0.717) is 18.5 Å². The second-order valence-corrected chi connectivity index (χ2v) is 11.3. The summed E-state index contributed by atoms with van der Waals surface area (Å²) in [5.41, 5.74) is 2.54. The van der Waals surface area contributed by atoms with Crippen LogP contribution in [0.5, 0.6) is 5.75 Å². The van der Waals surface area contributed by atoms with Gasteiger partial charge in [-0.2, -0.15) is 0 Å². The number of amides is 2. The molecule has 1 aromatic rings. The van der Waals surface area contributed by atoms with Crippen LogP contribution in [0.3, 0.4) is 0 Å². The zero-order valence-electron chi connectivity index (χ0n) is 19.7. The maximum absolute atomic E-state index is 12.9. The summed E-state index contributed by atoms with van der Waals surface area (Å²) in [6, 6.07) is 6.12. The van der Waals surface area contributed by atoms with Gasteiger partial charge in [0.25, 0.3) is 5.91 Å². The van der Waals surface area contributed by atoms with E-state index in [4.69, 9.17) is 4.74 Å². The Labute approximate surface area is 192 Å². The number of aryl methyl sites for hydroxylation is 1. The minimum Gasteiger partial charge on any atom is -0.483 e. The van der Waals surface area contributed by atoms with E-state index in [1.54, 1.807) is 0 Å². The van der Waals surface area contributed by atoms with Crippen molar-refractivity contribution in [1.29, 1.82) is 0 Å². The number of rotatable bonds is 6. The molecule has 32 heavy (non-hydrogen) atoms. The Morgan fingerprint density at radius 3 is 2.28 bits per heavy atom. The average molecular weight is 439 g/mol. The normalized spacial score (nSPS) is 31.6. The van der Waals surface area contributed by atoms with E-state index in [0.717, 1.165) is 48.3 Å². The lowest BCUT2D eigenvalue weighted by molar-refractivity contribution is -0.134. The monoisotopic (exact) mass is 438 g/mol. The number of hydrogen-bond donors (Lipinski definition) is 1. The van der Waals surface area contributed by atoms with Crippen LogP contribution in [0, 0.1) is 37.0 Å². The van der Waals surface area contributed by atoms with Crippen molar-refractivity contribution in [1.82, 2.24) is 10.2 Å². The van der Waals surface area contributed by atoms with Gasteiger partial charge in [-0.25, -0.2) is 0 Å². The van der Waals surface area contributed by atoms with E-state index in [1.807, 2.05) is 36.9 Å². The average Bonchev–Trinajstić information content (AvgIpc) is 2.73. The first kappa shape index (κ1) is 21.8. The summed E-state index contributed by atoms with van der Waals surface area (Å²) >= 11 is 0. The zero-order chi connectivity index (χ0) is 22.3. The molecule has 0 atom stereocenters. The smallest absolute Gasteiger partial charge is 0.260 e. The molecule has 1 N–H and O–H groups in total. The minimum atomic E-state index is 0.0317. The first-order valence-corrected chi connectivity index (χ1v) is 12.7. The molecular weight excluding hydrogens is 400 g/mol. The fraction of sp³-hybridized carbons (Fsp3) is 0.704. The summed E-state index contributed by atoms with van der Waals surface area (Å²) in [6.45, 7) is 5.53.